The number of aryl methyl sites for hydroxylation is 1. The Labute approximate surface area is 123 Å². The second kappa shape index (κ2) is 6.64. The van der Waals surface area contributed by atoms with E-state index in [-0.39, 0.29) is 18.1 Å². The van der Waals surface area contributed by atoms with E-state index < -0.39 is 10.5 Å². The standard InChI is InChI=1S/C14H21N3O4/c1-10-7-11(17(20)21)5-6-12(10)13(18)15-8-14(2,19)9-16(3)4/h5-7,19H,8-9H2,1-4H3,(H,15,18). The lowest BCUT2D eigenvalue weighted by Crippen LogP contribution is -2.47. The van der Waals surface area contributed by atoms with Gasteiger partial charge in [-0.3, -0.25) is 14.9 Å². The zero-order valence-electron chi connectivity index (χ0n) is 12.7. The minimum absolute atomic E-state index is 0.0522. The molecule has 0 heterocycles. The summed E-state index contributed by atoms with van der Waals surface area (Å²) < 4.78 is 0. The molecule has 0 saturated carbocycles. The second-order valence-electron chi connectivity index (χ2n) is 5.67. The molecule has 0 fully saturated rings. The number of likely N-dealkylation sites (N-methyl/N-ethyl adjacent to an activating group) is 1. The monoisotopic (exact) mass is 295 g/mol. The van der Waals surface area contributed by atoms with Crippen LogP contribution in [0.3, 0.4) is 0 Å². The zero-order valence-corrected chi connectivity index (χ0v) is 12.7. The molecule has 0 aromatic heterocycles. The van der Waals surface area contributed by atoms with Gasteiger partial charge in [-0.05, 0) is 39.6 Å². The van der Waals surface area contributed by atoms with E-state index in [1.807, 2.05) is 19.0 Å². The number of rotatable bonds is 6. The third-order valence-electron chi connectivity index (χ3n) is 2.95. The summed E-state index contributed by atoms with van der Waals surface area (Å²) in [6.45, 7) is 3.78. The van der Waals surface area contributed by atoms with E-state index in [0.717, 1.165) is 0 Å². The largest absolute Gasteiger partial charge is 0.387 e. The molecule has 1 unspecified atom stereocenters. The van der Waals surface area contributed by atoms with Gasteiger partial charge in [-0.2, -0.15) is 0 Å². The second-order valence-corrected chi connectivity index (χ2v) is 5.67. The normalized spacial score (nSPS) is 13.8. The molecule has 7 heteroatoms. The van der Waals surface area contributed by atoms with Gasteiger partial charge < -0.3 is 15.3 Å². The van der Waals surface area contributed by atoms with Gasteiger partial charge in [-0.1, -0.05) is 0 Å². The minimum atomic E-state index is -1.05. The van der Waals surface area contributed by atoms with Crippen molar-refractivity contribution in [3.05, 3.63) is 39.4 Å². The molecule has 0 spiro atoms. The first-order valence-corrected chi connectivity index (χ1v) is 6.53. The number of benzene rings is 1. The highest BCUT2D eigenvalue weighted by molar-refractivity contribution is 5.95. The van der Waals surface area contributed by atoms with Gasteiger partial charge in [0.2, 0.25) is 0 Å². The Bertz CT molecular complexity index is 541. The number of nitrogens with one attached hydrogen (secondary N) is 1. The van der Waals surface area contributed by atoms with Crippen LogP contribution in [0.2, 0.25) is 0 Å². The molecular formula is C14H21N3O4. The molecular weight excluding hydrogens is 274 g/mol. The molecule has 1 amide bonds. The van der Waals surface area contributed by atoms with Gasteiger partial charge in [0, 0.05) is 30.8 Å². The number of nitro benzene ring substituents is 1. The van der Waals surface area contributed by atoms with Gasteiger partial charge in [0.25, 0.3) is 11.6 Å². The van der Waals surface area contributed by atoms with Crippen molar-refractivity contribution in [3.63, 3.8) is 0 Å². The maximum atomic E-state index is 12.1. The first-order valence-electron chi connectivity index (χ1n) is 6.53. The van der Waals surface area contributed by atoms with Crippen molar-refractivity contribution >= 4 is 11.6 Å². The Hall–Kier alpha value is -1.99. The van der Waals surface area contributed by atoms with Crippen LogP contribution in [-0.2, 0) is 0 Å². The molecule has 116 valence electrons. The van der Waals surface area contributed by atoms with Crippen LogP contribution in [0.1, 0.15) is 22.8 Å². The topological polar surface area (TPSA) is 95.7 Å². The van der Waals surface area contributed by atoms with Crippen LogP contribution >= 0.6 is 0 Å². The molecule has 1 rings (SSSR count). The van der Waals surface area contributed by atoms with Crippen LogP contribution in [0.5, 0.6) is 0 Å². The van der Waals surface area contributed by atoms with Crippen molar-refractivity contribution in [1.29, 1.82) is 0 Å². The molecule has 7 nitrogen and oxygen atoms in total. The number of hydrogen-bond acceptors (Lipinski definition) is 5. The average Bonchev–Trinajstić information content (AvgIpc) is 2.34. The molecule has 1 aromatic rings. The first kappa shape index (κ1) is 17.1. The summed E-state index contributed by atoms with van der Waals surface area (Å²) in [5.41, 5.74) is -0.215. The van der Waals surface area contributed by atoms with Crippen LogP contribution < -0.4 is 5.32 Å². The molecule has 0 saturated heterocycles. The number of aliphatic hydroxyl groups is 1. The Morgan fingerprint density at radius 1 is 1.48 bits per heavy atom. The van der Waals surface area contributed by atoms with Crippen molar-refractivity contribution in [3.8, 4) is 0 Å². The highest BCUT2D eigenvalue weighted by Crippen LogP contribution is 2.17. The van der Waals surface area contributed by atoms with E-state index in [9.17, 15) is 20.0 Å². The molecule has 2 N–H and O–H groups in total. The highest BCUT2D eigenvalue weighted by atomic mass is 16.6. The molecule has 0 aliphatic carbocycles. The molecule has 21 heavy (non-hydrogen) atoms. The van der Waals surface area contributed by atoms with Crippen LogP contribution in [0.4, 0.5) is 5.69 Å². The van der Waals surface area contributed by atoms with Crippen molar-refractivity contribution in [2.24, 2.45) is 0 Å². The summed E-state index contributed by atoms with van der Waals surface area (Å²) in [7, 11) is 3.66. The van der Waals surface area contributed by atoms with Gasteiger partial charge in [0.05, 0.1) is 10.5 Å². The van der Waals surface area contributed by atoms with E-state index in [4.69, 9.17) is 0 Å². The zero-order chi connectivity index (χ0) is 16.2. The summed E-state index contributed by atoms with van der Waals surface area (Å²) in [4.78, 5) is 24.1. The number of amides is 1. The smallest absolute Gasteiger partial charge is 0.269 e. The van der Waals surface area contributed by atoms with Crippen LogP contribution in [0, 0.1) is 17.0 Å². The molecule has 0 aliphatic heterocycles. The summed E-state index contributed by atoms with van der Waals surface area (Å²) in [5.74, 6) is -0.360. The molecule has 0 radical (unpaired) electrons. The number of nitro groups is 1. The Morgan fingerprint density at radius 2 is 2.10 bits per heavy atom. The Kier molecular flexibility index (Phi) is 5.40. The third-order valence-corrected chi connectivity index (χ3v) is 2.95. The fourth-order valence-corrected chi connectivity index (χ4v) is 2.12. The van der Waals surface area contributed by atoms with E-state index >= 15 is 0 Å². The fraction of sp³-hybridized carbons (Fsp3) is 0.500. The number of hydrogen-bond donors (Lipinski definition) is 2. The van der Waals surface area contributed by atoms with E-state index in [0.29, 0.717) is 17.7 Å². The molecule has 0 bridgehead atoms. The maximum absolute atomic E-state index is 12.1. The van der Waals surface area contributed by atoms with Gasteiger partial charge >= 0.3 is 0 Å². The van der Waals surface area contributed by atoms with Crippen molar-refractivity contribution in [2.75, 3.05) is 27.2 Å². The Morgan fingerprint density at radius 3 is 2.57 bits per heavy atom. The van der Waals surface area contributed by atoms with Crippen LogP contribution in [0.15, 0.2) is 18.2 Å². The van der Waals surface area contributed by atoms with Crippen molar-refractivity contribution in [2.45, 2.75) is 19.4 Å². The van der Waals surface area contributed by atoms with Gasteiger partial charge in [-0.15, -0.1) is 0 Å². The number of carbonyl (C=O) groups is 1. The van der Waals surface area contributed by atoms with Crippen molar-refractivity contribution < 1.29 is 14.8 Å². The molecule has 0 aliphatic rings. The molecule has 1 atom stereocenters. The first-order chi connectivity index (χ1) is 9.62. The fourth-order valence-electron chi connectivity index (χ4n) is 2.12. The van der Waals surface area contributed by atoms with E-state index in [1.54, 1.807) is 13.8 Å². The highest BCUT2D eigenvalue weighted by Gasteiger charge is 2.23. The third kappa shape index (κ3) is 5.13. The lowest BCUT2D eigenvalue weighted by molar-refractivity contribution is -0.384. The SMILES string of the molecule is Cc1cc([N+](=O)[O-])ccc1C(=O)NCC(C)(O)CN(C)C. The lowest BCUT2D eigenvalue weighted by atomic mass is 10.0. The number of carbonyl (C=O) groups excluding carboxylic acids is 1. The van der Waals surface area contributed by atoms with E-state index in [1.165, 1.54) is 18.2 Å². The predicted octanol–water partition coefficient (Wildman–Crippen LogP) is 0.946. The van der Waals surface area contributed by atoms with E-state index in [2.05, 4.69) is 5.32 Å². The summed E-state index contributed by atoms with van der Waals surface area (Å²) in [5, 5.41) is 23.4. The van der Waals surface area contributed by atoms with Gasteiger partial charge in [-0.25, -0.2) is 0 Å². The van der Waals surface area contributed by atoms with Gasteiger partial charge in [0.15, 0.2) is 0 Å². The van der Waals surface area contributed by atoms with Gasteiger partial charge in [0.1, 0.15) is 0 Å². The van der Waals surface area contributed by atoms with Crippen LogP contribution in [-0.4, -0.2) is 53.6 Å². The maximum Gasteiger partial charge on any atom is 0.269 e. The number of non-ortho nitro benzene ring substituents is 1. The quantitative estimate of drug-likeness (QED) is 0.601. The number of nitrogens with zero attached hydrogens (tertiary/aromatic N) is 2. The van der Waals surface area contributed by atoms with Crippen LogP contribution in [0.25, 0.3) is 0 Å². The predicted molar refractivity (Wildman–Crippen MR) is 79.3 cm³/mol. The Balaban J connectivity index is 2.74. The summed E-state index contributed by atoms with van der Waals surface area (Å²) in [6.07, 6.45) is 0. The lowest BCUT2D eigenvalue weighted by Gasteiger charge is -2.27. The summed E-state index contributed by atoms with van der Waals surface area (Å²) >= 11 is 0. The molecule has 1 aromatic carbocycles. The summed E-state index contributed by atoms with van der Waals surface area (Å²) in [6, 6.07) is 4.07. The average molecular weight is 295 g/mol. The van der Waals surface area contributed by atoms with Crippen molar-refractivity contribution in [1.82, 2.24) is 10.2 Å². The minimum Gasteiger partial charge on any atom is -0.387 e.